The Morgan fingerprint density at radius 3 is 2.50 bits per heavy atom. The van der Waals surface area contributed by atoms with Crippen LogP contribution in [0.5, 0.6) is 0 Å². The van der Waals surface area contributed by atoms with Gasteiger partial charge in [0.2, 0.25) is 10.0 Å². The molecule has 2 aromatic carbocycles. The summed E-state index contributed by atoms with van der Waals surface area (Å²) in [4.78, 5) is -0.441. The van der Waals surface area contributed by atoms with Gasteiger partial charge in [0.15, 0.2) is 0 Å². The molecule has 0 fully saturated rings. The van der Waals surface area contributed by atoms with E-state index < -0.39 is 32.7 Å². The summed E-state index contributed by atoms with van der Waals surface area (Å²) in [6, 6.07) is 10.7. The zero-order valence-corrected chi connectivity index (χ0v) is 12.6. The van der Waals surface area contributed by atoms with E-state index in [0.717, 1.165) is 6.07 Å². The molecule has 0 bridgehead atoms. The normalized spacial score (nSPS) is 13.0. The van der Waals surface area contributed by atoms with Gasteiger partial charge in [0.05, 0.1) is 6.10 Å². The number of ether oxygens (including phenoxy) is 1. The third kappa shape index (κ3) is 3.88. The Balaban J connectivity index is 2.15. The minimum absolute atomic E-state index is 0.142. The number of sulfonamides is 1. The molecule has 0 saturated heterocycles. The van der Waals surface area contributed by atoms with Crippen LogP contribution >= 0.6 is 0 Å². The molecule has 7 heteroatoms. The van der Waals surface area contributed by atoms with E-state index in [1.807, 2.05) is 0 Å². The lowest BCUT2D eigenvalue weighted by molar-refractivity contribution is 0.107. The van der Waals surface area contributed by atoms with Crippen molar-refractivity contribution in [2.45, 2.75) is 11.0 Å². The maximum atomic E-state index is 13.6. The van der Waals surface area contributed by atoms with Gasteiger partial charge in [0.25, 0.3) is 0 Å². The highest BCUT2D eigenvalue weighted by Crippen LogP contribution is 2.19. The van der Waals surface area contributed by atoms with Gasteiger partial charge in [-0.25, -0.2) is 21.9 Å². The molecule has 2 aromatic rings. The van der Waals surface area contributed by atoms with E-state index in [4.69, 9.17) is 4.74 Å². The van der Waals surface area contributed by atoms with Crippen LogP contribution in [0.4, 0.5) is 8.78 Å². The van der Waals surface area contributed by atoms with Crippen molar-refractivity contribution in [3.05, 3.63) is 65.7 Å². The molecule has 118 valence electrons. The fourth-order valence-electron chi connectivity index (χ4n) is 1.97. The van der Waals surface area contributed by atoms with Gasteiger partial charge >= 0.3 is 0 Å². The minimum Gasteiger partial charge on any atom is -0.375 e. The first-order valence-electron chi connectivity index (χ1n) is 6.46. The van der Waals surface area contributed by atoms with Crippen molar-refractivity contribution in [3.8, 4) is 0 Å². The fourth-order valence-corrected chi connectivity index (χ4v) is 3.08. The van der Waals surface area contributed by atoms with Gasteiger partial charge < -0.3 is 4.74 Å². The number of hydrogen-bond acceptors (Lipinski definition) is 3. The first-order valence-corrected chi connectivity index (χ1v) is 7.95. The van der Waals surface area contributed by atoms with Crippen LogP contribution in [0, 0.1) is 11.6 Å². The maximum Gasteiger partial charge on any atom is 0.243 e. The van der Waals surface area contributed by atoms with Crippen molar-refractivity contribution in [3.63, 3.8) is 0 Å². The summed E-state index contributed by atoms with van der Waals surface area (Å²) in [5.74, 6) is -1.29. The summed E-state index contributed by atoms with van der Waals surface area (Å²) in [7, 11) is -2.63. The number of halogens is 2. The molecule has 0 amide bonds. The topological polar surface area (TPSA) is 55.4 Å². The average Bonchev–Trinajstić information content (AvgIpc) is 2.48. The van der Waals surface area contributed by atoms with E-state index >= 15 is 0 Å². The molecule has 4 nitrogen and oxygen atoms in total. The highest BCUT2D eigenvalue weighted by molar-refractivity contribution is 7.89. The summed E-state index contributed by atoms with van der Waals surface area (Å²) in [5, 5.41) is 0. The fraction of sp³-hybridized carbons (Fsp3) is 0.200. The molecule has 0 aliphatic carbocycles. The number of benzene rings is 2. The Kier molecular flexibility index (Phi) is 5.23. The Bertz CT molecular complexity index is 750. The molecule has 1 N–H and O–H groups in total. The molecular weight excluding hydrogens is 312 g/mol. The Morgan fingerprint density at radius 2 is 1.86 bits per heavy atom. The molecule has 2 rings (SSSR count). The zero-order valence-electron chi connectivity index (χ0n) is 11.8. The van der Waals surface area contributed by atoms with E-state index in [0.29, 0.717) is 5.56 Å². The van der Waals surface area contributed by atoms with E-state index in [-0.39, 0.29) is 6.54 Å². The van der Waals surface area contributed by atoms with Crippen LogP contribution < -0.4 is 4.72 Å². The van der Waals surface area contributed by atoms with Crippen LogP contribution in [0.3, 0.4) is 0 Å². The molecule has 0 aromatic heterocycles. The largest absolute Gasteiger partial charge is 0.375 e. The summed E-state index contributed by atoms with van der Waals surface area (Å²) >= 11 is 0. The highest BCUT2D eigenvalue weighted by Gasteiger charge is 2.21. The molecule has 1 atom stereocenters. The second-order valence-electron chi connectivity index (χ2n) is 4.56. The van der Waals surface area contributed by atoms with Crippen LogP contribution in [0.1, 0.15) is 11.7 Å². The van der Waals surface area contributed by atoms with Crippen LogP contribution in [-0.4, -0.2) is 22.1 Å². The SMILES string of the molecule is CO[C@H](CNS(=O)(=O)c1ccccc1F)c1cccc(F)c1. The monoisotopic (exact) mass is 327 g/mol. The third-order valence-electron chi connectivity index (χ3n) is 3.09. The summed E-state index contributed by atoms with van der Waals surface area (Å²) in [6.07, 6.45) is -0.683. The molecule has 0 radical (unpaired) electrons. The minimum atomic E-state index is -4.01. The maximum absolute atomic E-state index is 13.6. The Labute approximate surface area is 127 Å². The van der Waals surface area contributed by atoms with Crippen molar-refractivity contribution in [1.29, 1.82) is 0 Å². The Morgan fingerprint density at radius 1 is 1.14 bits per heavy atom. The van der Waals surface area contributed by atoms with Gasteiger partial charge in [-0.05, 0) is 29.8 Å². The number of rotatable bonds is 6. The predicted molar refractivity (Wildman–Crippen MR) is 77.7 cm³/mol. The number of hydrogen-bond donors (Lipinski definition) is 1. The third-order valence-corrected chi connectivity index (χ3v) is 4.55. The van der Waals surface area contributed by atoms with Gasteiger partial charge in [0.1, 0.15) is 16.5 Å². The van der Waals surface area contributed by atoms with Crippen molar-refractivity contribution in [2.24, 2.45) is 0 Å². The lowest BCUT2D eigenvalue weighted by Crippen LogP contribution is -2.30. The van der Waals surface area contributed by atoms with Crippen molar-refractivity contribution in [2.75, 3.05) is 13.7 Å². The quantitative estimate of drug-likeness (QED) is 0.887. The predicted octanol–water partition coefficient (Wildman–Crippen LogP) is 2.63. The van der Waals surface area contributed by atoms with Crippen molar-refractivity contribution < 1.29 is 21.9 Å². The van der Waals surface area contributed by atoms with Gasteiger partial charge in [-0.3, -0.25) is 0 Å². The van der Waals surface area contributed by atoms with E-state index in [1.165, 1.54) is 43.5 Å². The molecule has 0 heterocycles. The second kappa shape index (κ2) is 6.95. The Hall–Kier alpha value is -1.83. The average molecular weight is 327 g/mol. The lowest BCUT2D eigenvalue weighted by atomic mass is 10.1. The van der Waals surface area contributed by atoms with Gasteiger partial charge in [-0.15, -0.1) is 0 Å². The van der Waals surface area contributed by atoms with Gasteiger partial charge in [0, 0.05) is 13.7 Å². The lowest BCUT2D eigenvalue weighted by Gasteiger charge is -2.17. The van der Waals surface area contributed by atoms with Gasteiger partial charge in [-0.2, -0.15) is 0 Å². The highest BCUT2D eigenvalue weighted by atomic mass is 32.2. The van der Waals surface area contributed by atoms with Crippen LogP contribution in [0.15, 0.2) is 53.4 Å². The molecule has 0 aliphatic rings. The molecular formula is C15H15F2NO3S. The van der Waals surface area contributed by atoms with Crippen molar-refractivity contribution >= 4 is 10.0 Å². The summed E-state index contributed by atoms with van der Waals surface area (Å²) in [5.41, 5.74) is 0.485. The van der Waals surface area contributed by atoms with Crippen LogP contribution in [0.2, 0.25) is 0 Å². The molecule has 22 heavy (non-hydrogen) atoms. The molecule has 0 saturated carbocycles. The second-order valence-corrected chi connectivity index (χ2v) is 6.30. The number of methoxy groups -OCH3 is 1. The smallest absolute Gasteiger partial charge is 0.243 e. The number of nitrogens with one attached hydrogen (secondary N) is 1. The first-order chi connectivity index (χ1) is 10.4. The molecule has 0 aliphatic heterocycles. The molecule has 0 unspecified atom stereocenters. The summed E-state index contributed by atoms with van der Waals surface area (Å²) in [6.45, 7) is -0.142. The van der Waals surface area contributed by atoms with Crippen LogP contribution in [0.25, 0.3) is 0 Å². The molecule has 0 spiro atoms. The van der Waals surface area contributed by atoms with Gasteiger partial charge in [-0.1, -0.05) is 24.3 Å². The first kappa shape index (κ1) is 16.5. The van der Waals surface area contributed by atoms with E-state index in [9.17, 15) is 17.2 Å². The van der Waals surface area contributed by atoms with Crippen molar-refractivity contribution in [1.82, 2.24) is 4.72 Å². The standard InChI is InChI=1S/C15H15F2NO3S/c1-21-14(11-5-4-6-12(16)9-11)10-18-22(19,20)15-8-3-2-7-13(15)17/h2-9,14,18H,10H2,1H3/t14-/m1/s1. The zero-order chi connectivity index (χ0) is 16.2. The van der Waals surface area contributed by atoms with Crippen LogP contribution in [-0.2, 0) is 14.8 Å². The van der Waals surface area contributed by atoms with E-state index in [1.54, 1.807) is 6.07 Å². The van der Waals surface area contributed by atoms with E-state index in [2.05, 4.69) is 4.72 Å². The summed E-state index contributed by atoms with van der Waals surface area (Å²) < 4.78 is 58.4.